The zero-order valence-electron chi connectivity index (χ0n) is 11.9. The Bertz CT molecular complexity index is 597. The van der Waals surface area contributed by atoms with Crippen LogP contribution in [0.3, 0.4) is 0 Å². The Morgan fingerprint density at radius 2 is 2.05 bits per heavy atom. The second kappa shape index (κ2) is 6.46. The summed E-state index contributed by atoms with van der Waals surface area (Å²) in [5.74, 6) is 0.710. The fourth-order valence-electron chi connectivity index (χ4n) is 2.06. The van der Waals surface area contributed by atoms with Gasteiger partial charge in [0.2, 0.25) is 5.95 Å². The molecule has 116 valence electrons. The Morgan fingerprint density at radius 3 is 2.67 bits per heavy atom. The van der Waals surface area contributed by atoms with Gasteiger partial charge in [-0.05, 0) is 24.8 Å². The number of hydrogen-bond donors (Lipinski definition) is 1. The first-order valence-electron chi connectivity index (χ1n) is 6.75. The Labute approximate surface area is 125 Å². The second-order valence-electron chi connectivity index (χ2n) is 4.58. The molecule has 0 unspecified atom stereocenters. The normalized spacial score (nSPS) is 11.9. The molecule has 2 aromatic heterocycles. The van der Waals surface area contributed by atoms with Gasteiger partial charge >= 0.3 is 6.18 Å². The van der Waals surface area contributed by atoms with Crippen molar-refractivity contribution in [2.75, 3.05) is 29.9 Å². The lowest BCUT2D eigenvalue weighted by Gasteiger charge is -2.25. The first kappa shape index (κ1) is 15.8. The lowest BCUT2D eigenvalue weighted by molar-refractivity contribution is -0.119. The lowest BCUT2D eigenvalue weighted by atomic mass is 10.3. The highest BCUT2D eigenvalue weighted by molar-refractivity contribution is 7.16. The molecule has 0 aliphatic rings. The van der Waals surface area contributed by atoms with Gasteiger partial charge in [-0.3, -0.25) is 0 Å². The quantitative estimate of drug-likeness (QED) is 0.877. The summed E-state index contributed by atoms with van der Waals surface area (Å²) in [6, 6.07) is 1.77. The summed E-state index contributed by atoms with van der Waals surface area (Å²) >= 11 is 1.40. The fourth-order valence-corrected chi connectivity index (χ4v) is 2.82. The maximum atomic E-state index is 12.8. The van der Waals surface area contributed by atoms with Gasteiger partial charge in [-0.25, -0.2) is 4.98 Å². The van der Waals surface area contributed by atoms with E-state index >= 15 is 0 Å². The first-order chi connectivity index (χ1) is 9.94. The van der Waals surface area contributed by atoms with E-state index in [4.69, 9.17) is 0 Å². The summed E-state index contributed by atoms with van der Waals surface area (Å²) in [4.78, 5) is 10.6. The van der Waals surface area contributed by atoms with Gasteiger partial charge in [0, 0.05) is 13.1 Å². The average molecular weight is 318 g/mol. The van der Waals surface area contributed by atoms with Crippen molar-refractivity contribution < 1.29 is 13.2 Å². The number of fused-ring (bicyclic) bond motifs is 1. The summed E-state index contributed by atoms with van der Waals surface area (Å²) in [5, 5.41) is 5.45. The van der Waals surface area contributed by atoms with Crippen molar-refractivity contribution in [2.24, 2.45) is 0 Å². The van der Waals surface area contributed by atoms with Gasteiger partial charge in [0.1, 0.15) is 17.2 Å². The van der Waals surface area contributed by atoms with Crippen molar-refractivity contribution in [3.63, 3.8) is 0 Å². The van der Waals surface area contributed by atoms with E-state index in [0.29, 0.717) is 41.5 Å². The minimum Gasteiger partial charge on any atom is -0.354 e. The number of nitrogens with one attached hydrogen (secondary N) is 1. The highest BCUT2D eigenvalue weighted by atomic mass is 32.1. The molecule has 0 spiro atoms. The van der Waals surface area contributed by atoms with E-state index in [1.165, 1.54) is 16.2 Å². The second-order valence-corrected chi connectivity index (χ2v) is 5.47. The number of anilines is 2. The van der Waals surface area contributed by atoms with Crippen LogP contribution in [0.2, 0.25) is 0 Å². The van der Waals surface area contributed by atoms with Crippen LogP contribution in [0.5, 0.6) is 0 Å². The Morgan fingerprint density at radius 1 is 1.29 bits per heavy atom. The Balaban J connectivity index is 2.46. The van der Waals surface area contributed by atoms with Crippen LogP contribution >= 0.6 is 11.3 Å². The zero-order valence-corrected chi connectivity index (χ0v) is 12.7. The highest BCUT2D eigenvalue weighted by Crippen LogP contribution is 2.31. The molecule has 21 heavy (non-hydrogen) atoms. The molecule has 0 aliphatic carbocycles. The van der Waals surface area contributed by atoms with Crippen LogP contribution in [0.4, 0.5) is 24.9 Å². The van der Waals surface area contributed by atoms with Crippen LogP contribution in [0.25, 0.3) is 10.2 Å². The molecule has 0 bridgehead atoms. The molecule has 0 saturated heterocycles. The van der Waals surface area contributed by atoms with Crippen LogP contribution in [0, 0.1) is 0 Å². The minimum absolute atomic E-state index is 0.299. The standard InChI is InChI=1S/C13H17F3N4S/c1-3-6-20(8-13(14,15)16)10-9-5-7-21-11(9)19-12(18-10)17-4-2/h5,7H,3-4,6,8H2,1-2H3,(H,17,18,19). The van der Waals surface area contributed by atoms with E-state index in [9.17, 15) is 13.2 Å². The number of halogens is 3. The molecule has 0 radical (unpaired) electrons. The molecule has 0 aliphatic heterocycles. The van der Waals surface area contributed by atoms with Crippen LogP contribution in [-0.2, 0) is 0 Å². The number of nitrogens with zero attached hydrogens (tertiary/aromatic N) is 3. The van der Waals surface area contributed by atoms with Crippen LogP contribution in [-0.4, -0.2) is 35.8 Å². The van der Waals surface area contributed by atoms with E-state index in [0.717, 1.165) is 0 Å². The van der Waals surface area contributed by atoms with E-state index in [2.05, 4.69) is 15.3 Å². The summed E-state index contributed by atoms with van der Waals surface area (Å²) in [7, 11) is 0. The van der Waals surface area contributed by atoms with E-state index < -0.39 is 12.7 Å². The van der Waals surface area contributed by atoms with Crippen molar-refractivity contribution >= 4 is 33.3 Å². The SMILES string of the molecule is CCCN(CC(F)(F)F)c1nc(NCC)nc2sccc12. The van der Waals surface area contributed by atoms with Crippen LogP contribution in [0.15, 0.2) is 11.4 Å². The summed E-state index contributed by atoms with van der Waals surface area (Å²) in [6.45, 7) is 3.65. The van der Waals surface area contributed by atoms with Gasteiger partial charge in [-0.1, -0.05) is 6.92 Å². The molecule has 0 amide bonds. The molecule has 2 aromatic rings. The maximum absolute atomic E-state index is 12.8. The van der Waals surface area contributed by atoms with E-state index in [-0.39, 0.29) is 0 Å². The topological polar surface area (TPSA) is 41.1 Å². The van der Waals surface area contributed by atoms with Crippen LogP contribution in [0.1, 0.15) is 20.3 Å². The molecule has 4 nitrogen and oxygen atoms in total. The van der Waals surface area contributed by atoms with Gasteiger partial charge in [0.25, 0.3) is 0 Å². The summed E-state index contributed by atoms with van der Waals surface area (Å²) in [5.41, 5.74) is 0. The number of hydrogen-bond acceptors (Lipinski definition) is 5. The highest BCUT2D eigenvalue weighted by Gasteiger charge is 2.32. The average Bonchev–Trinajstić information content (AvgIpc) is 2.84. The largest absolute Gasteiger partial charge is 0.405 e. The van der Waals surface area contributed by atoms with Gasteiger partial charge in [-0.15, -0.1) is 11.3 Å². The van der Waals surface area contributed by atoms with E-state index in [1.54, 1.807) is 6.07 Å². The molecular weight excluding hydrogens is 301 g/mol. The smallest absolute Gasteiger partial charge is 0.354 e. The molecule has 0 fully saturated rings. The van der Waals surface area contributed by atoms with Crippen molar-refractivity contribution in [3.8, 4) is 0 Å². The summed E-state index contributed by atoms with van der Waals surface area (Å²) in [6.07, 6.45) is -3.65. The first-order valence-corrected chi connectivity index (χ1v) is 7.63. The van der Waals surface area contributed by atoms with Crippen molar-refractivity contribution in [1.82, 2.24) is 9.97 Å². The van der Waals surface area contributed by atoms with Crippen molar-refractivity contribution in [1.29, 1.82) is 0 Å². The molecule has 0 saturated carbocycles. The molecule has 1 N–H and O–H groups in total. The number of aromatic nitrogens is 2. The third-order valence-electron chi connectivity index (χ3n) is 2.80. The number of alkyl halides is 3. The third-order valence-corrected chi connectivity index (χ3v) is 3.61. The van der Waals surface area contributed by atoms with Crippen molar-refractivity contribution in [2.45, 2.75) is 26.4 Å². The fraction of sp³-hybridized carbons (Fsp3) is 0.538. The van der Waals surface area contributed by atoms with Crippen LogP contribution < -0.4 is 10.2 Å². The van der Waals surface area contributed by atoms with Gasteiger partial charge in [-0.2, -0.15) is 18.2 Å². The predicted octanol–water partition coefficient (Wildman–Crippen LogP) is 3.90. The zero-order chi connectivity index (χ0) is 15.5. The molecule has 2 rings (SSSR count). The minimum atomic E-state index is -4.26. The maximum Gasteiger partial charge on any atom is 0.405 e. The van der Waals surface area contributed by atoms with Crippen molar-refractivity contribution in [3.05, 3.63) is 11.4 Å². The molecule has 8 heteroatoms. The predicted molar refractivity (Wildman–Crippen MR) is 80.1 cm³/mol. The molecule has 0 atom stereocenters. The molecule has 0 aromatic carbocycles. The number of thiophene rings is 1. The molecule has 2 heterocycles. The monoisotopic (exact) mass is 318 g/mol. The Hall–Kier alpha value is -1.57. The summed E-state index contributed by atoms with van der Waals surface area (Å²) < 4.78 is 38.4. The molecular formula is C13H17F3N4S. The third kappa shape index (κ3) is 3.96. The van der Waals surface area contributed by atoms with E-state index in [1.807, 2.05) is 19.2 Å². The van der Waals surface area contributed by atoms with Gasteiger partial charge < -0.3 is 10.2 Å². The number of rotatable bonds is 6. The Kier molecular flexibility index (Phi) is 4.87. The van der Waals surface area contributed by atoms with Gasteiger partial charge in [0.15, 0.2) is 0 Å². The van der Waals surface area contributed by atoms with Gasteiger partial charge in [0.05, 0.1) is 5.39 Å². The lowest BCUT2D eigenvalue weighted by Crippen LogP contribution is -2.35.